The summed E-state index contributed by atoms with van der Waals surface area (Å²) in [7, 11) is 0. The van der Waals surface area contributed by atoms with E-state index in [-0.39, 0.29) is 0 Å². The summed E-state index contributed by atoms with van der Waals surface area (Å²) in [6.45, 7) is 7.13. The van der Waals surface area contributed by atoms with Crippen LogP contribution in [0.25, 0.3) is 6.08 Å². The highest BCUT2D eigenvalue weighted by Gasteiger charge is 1.98. The number of aryl methyl sites for hydroxylation is 1. The summed E-state index contributed by atoms with van der Waals surface area (Å²) in [6, 6.07) is 8.35. The molecule has 0 radical (unpaired) electrons. The number of carbonyl (C=O) groups is 1. The van der Waals surface area contributed by atoms with Crippen LogP contribution in [-0.2, 0) is 4.79 Å². The van der Waals surface area contributed by atoms with Crippen molar-refractivity contribution in [2.45, 2.75) is 52.9 Å². The molecule has 0 saturated heterocycles. The summed E-state index contributed by atoms with van der Waals surface area (Å²) in [5.74, 6) is 0. The molecule has 2 heteroatoms. The second-order valence-corrected chi connectivity index (χ2v) is 5.80. The van der Waals surface area contributed by atoms with Crippen molar-refractivity contribution >= 4 is 12.4 Å². The minimum absolute atomic E-state index is 0.693. The highest BCUT2D eigenvalue weighted by Crippen LogP contribution is 2.09. The number of nitrogens with one attached hydrogen (secondary N) is 1. The number of hydrogen-bond donors (Lipinski definition) is 1. The van der Waals surface area contributed by atoms with Crippen molar-refractivity contribution in [3.05, 3.63) is 52.7 Å². The topological polar surface area (TPSA) is 29.1 Å². The first kappa shape index (κ1) is 18.2. The zero-order valence-electron chi connectivity index (χ0n) is 14.2. The van der Waals surface area contributed by atoms with Crippen LogP contribution >= 0.6 is 0 Å². The van der Waals surface area contributed by atoms with Gasteiger partial charge in [-0.1, -0.05) is 74.6 Å². The molecule has 0 saturated carbocycles. The molecule has 0 aliphatic carbocycles. The van der Waals surface area contributed by atoms with Crippen LogP contribution in [0.1, 0.15) is 57.1 Å². The molecule has 2 nitrogen and oxygen atoms in total. The van der Waals surface area contributed by atoms with E-state index in [4.69, 9.17) is 0 Å². The number of carbonyl (C=O) groups excluding carboxylic acids is 1. The second kappa shape index (κ2) is 10.8. The maximum atomic E-state index is 11.2. The van der Waals surface area contributed by atoms with Crippen molar-refractivity contribution in [2.24, 2.45) is 0 Å². The van der Waals surface area contributed by atoms with Gasteiger partial charge in [-0.2, -0.15) is 0 Å². The Morgan fingerprint density at radius 1 is 1.09 bits per heavy atom. The maximum absolute atomic E-state index is 11.2. The third-order valence-electron chi connectivity index (χ3n) is 3.74. The first-order valence-corrected chi connectivity index (χ1v) is 8.32. The number of allylic oxidation sites excluding steroid dienone is 3. The van der Waals surface area contributed by atoms with E-state index in [2.05, 4.69) is 43.4 Å². The van der Waals surface area contributed by atoms with Crippen molar-refractivity contribution < 1.29 is 4.79 Å². The van der Waals surface area contributed by atoms with Crippen molar-refractivity contribution in [3.63, 3.8) is 0 Å². The van der Waals surface area contributed by atoms with E-state index in [0.29, 0.717) is 5.70 Å². The molecular weight excluding hydrogens is 270 g/mol. The van der Waals surface area contributed by atoms with Crippen molar-refractivity contribution in [3.8, 4) is 0 Å². The lowest BCUT2D eigenvalue weighted by atomic mass is 10.1. The van der Waals surface area contributed by atoms with Gasteiger partial charge in [0.2, 0.25) is 0 Å². The molecule has 120 valence electrons. The maximum Gasteiger partial charge on any atom is 0.166 e. The quantitative estimate of drug-likeness (QED) is 0.284. The fourth-order valence-corrected chi connectivity index (χ4v) is 2.21. The fraction of sp³-hybridized carbons (Fsp3) is 0.450. The summed E-state index contributed by atoms with van der Waals surface area (Å²) in [5, 5.41) is 3.25. The number of rotatable bonds is 10. The van der Waals surface area contributed by atoms with Gasteiger partial charge >= 0.3 is 0 Å². The zero-order valence-corrected chi connectivity index (χ0v) is 14.2. The van der Waals surface area contributed by atoms with Crippen LogP contribution in [0.2, 0.25) is 0 Å². The summed E-state index contributed by atoms with van der Waals surface area (Å²) in [5.41, 5.74) is 4.07. The van der Waals surface area contributed by atoms with Crippen molar-refractivity contribution in [1.29, 1.82) is 0 Å². The third kappa shape index (κ3) is 7.26. The van der Waals surface area contributed by atoms with Gasteiger partial charge in [-0.3, -0.25) is 4.79 Å². The van der Waals surface area contributed by atoms with Gasteiger partial charge in [-0.25, -0.2) is 0 Å². The molecule has 0 aliphatic heterocycles. The van der Waals surface area contributed by atoms with Crippen molar-refractivity contribution in [2.75, 3.05) is 6.54 Å². The predicted molar refractivity (Wildman–Crippen MR) is 95.7 cm³/mol. The number of hydrogen-bond acceptors (Lipinski definition) is 2. The van der Waals surface area contributed by atoms with Crippen LogP contribution in [0.15, 0.2) is 41.6 Å². The molecule has 0 heterocycles. The first-order chi connectivity index (χ1) is 10.7. The van der Waals surface area contributed by atoms with Gasteiger partial charge in [0.25, 0.3) is 0 Å². The number of unbranched alkanes of at least 4 members (excludes halogenated alkanes) is 4. The second-order valence-electron chi connectivity index (χ2n) is 5.80. The first-order valence-electron chi connectivity index (χ1n) is 8.32. The van der Waals surface area contributed by atoms with Crippen LogP contribution in [0.3, 0.4) is 0 Å². The van der Waals surface area contributed by atoms with E-state index in [1.165, 1.54) is 31.2 Å². The summed E-state index contributed by atoms with van der Waals surface area (Å²) >= 11 is 0. The molecule has 0 aliphatic rings. The van der Waals surface area contributed by atoms with Gasteiger partial charge in [0.1, 0.15) is 0 Å². The molecule has 0 atom stereocenters. The average Bonchev–Trinajstić information content (AvgIpc) is 2.53. The molecule has 0 fully saturated rings. The van der Waals surface area contributed by atoms with E-state index in [1.807, 2.05) is 19.1 Å². The lowest BCUT2D eigenvalue weighted by molar-refractivity contribution is -0.105. The Morgan fingerprint density at radius 2 is 1.77 bits per heavy atom. The Kier molecular flexibility index (Phi) is 8.97. The van der Waals surface area contributed by atoms with E-state index >= 15 is 0 Å². The minimum atomic E-state index is 0.693. The normalized spacial score (nSPS) is 12.3. The molecule has 0 unspecified atom stereocenters. The third-order valence-corrected chi connectivity index (χ3v) is 3.74. The van der Waals surface area contributed by atoms with E-state index < -0.39 is 0 Å². The molecule has 1 rings (SSSR count). The molecule has 0 bridgehead atoms. The van der Waals surface area contributed by atoms with Crippen LogP contribution in [-0.4, -0.2) is 12.8 Å². The lowest BCUT2D eigenvalue weighted by Crippen LogP contribution is -2.17. The predicted octanol–water partition coefficient (Wildman–Crippen LogP) is 5.04. The van der Waals surface area contributed by atoms with Crippen molar-refractivity contribution in [1.82, 2.24) is 5.32 Å². The molecule has 1 aromatic rings. The molecule has 1 aromatic carbocycles. The van der Waals surface area contributed by atoms with Gasteiger partial charge in [-0.05, 0) is 31.4 Å². The lowest BCUT2D eigenvalue weighted by Gasteiger charge is -2.07. The molecule has 0 aromatic heterocycles. The standard InChI is InChI=1S/C20H29NO/c1-4-5-6-7-8-15-21-20(16-22)18(3)11-14-19-12-9-17(2)10-13-19/h9-14,16,21H,4-8,15H2,1-3H3/b14-11+,20-18+. The highest BCUT2D eigenvalue weighted by atomic mass is 16.1. The molecule has 0 spiro atoms. The van der Waals surface area contributed by atoms with E-state index in [9.17, 15) is 4.79 Å². The van der Waals surface area contributed by atoms with Gasteiger partial charge in [0.05, 0.1) is 5.70 Å². The minimum Gasteiger partial charge on any atom is -0.382 e. The summed E-state index contributed by atoms with van der Waals surface area (Å²) in [6.07, 6.45) is 11.1. The Hall–Kier alpha value is -1.83. The Bertz CT molecular complexity index is 497. The fourth-order valence-electron chi connectivity index (χ4n) is 2.21. The zero-order chi connectivity index (χ0) is 16.2. The SMILES string of the molecule is CCCCCCCN/C(C=O)=C(C)/C=C/c1ccc(C)cc1. The Labute approximate surface area is 135 Å². The Balaban J connectivity index is 2.49. The van der Waals surface area contributed by atoms with Gasteiger partial charge < -0.3 is 5.32 Å². The van der Waals surface area contributed by atoms with Crippen LogP contribution in [0.4, 0.5) is 0 Å². The highest BCUT2D eigenvalue weighted by molar-refractivity contribution is 5.75. The van der Waals surface area contributed by atoms with Crippen LogP contribution < -0.4 is 5.32 Å². The van der Waals surface area contributed by atoms with Gasteiger partial charge in [0.15, 0.2) is 6.29 Å². The largest absolute Gasteiger partial charge is 0.382 e. The van der Waals surface area contributed by atoms with E-state index in [1.54, 1.807) is 0 Å². The number of benzene rings is 1. The van der Waals surface area contributed by atoms with E-state index in [0.717, 1.165) is 30.4 Å². The summed E-state index contributed by atoms with van der Waals surface area (Å²) < 4.78 is 0. The average molecular weight is 299 g/mol. The summed E-state index contributed by atoms with van der Waals surface area (Å²) in [4.78, 5) is 11.2. The van der Waals surface area contributed by atoms with Gasteiger partial charge in [0, 0.05) is 6.54 Å². The molecule has 1 N–H and O–H groups in total. The van der Waals surface area contributed by atoms with Crippen LogP contribution in [0, 0.1) is 6.92 Å². The van der Waals surface area contributed by atoms with Gasteiger partial charge in [-0.15, -0.1) is 0 Å². The Morgan fingerprint density at radius 3 is 2.41 bits per heavy atom. The monoisotopic (exact) mass is 299 g/mol. The number of aldehydes is 1. The molecule has 0 amide bonds. The smallest absolute Gasteiger partial charge is 0.166 e. The molecule has 22 heavy (non-hydrogen) atoms. The van der Waals surface area contributed by atoms with Crippen LogP contribution in [0.5, 0.6) is 0 Å². The molecular formula is C20H29NO.